The average Bonchev–Trinajstić information content (AvgIpc) is 2.45. The van der Waals surface area contributed by atoms with E-state index < -0.39 is 26.5 Å². The molecular weight excluding hydrogens is 385 g/mol. The normalized spacial score (nSPS) is 10.6. The number of ether oxygens (including phenoxy) is 1. The van der Waals surface area contributed by atoms with Gasteiger partial charge in [-0.05, 0) is 6.07 Å². The van der Waals surface area contributed by atoms with Gasteiger partial charge < -0.3 is 9.84 Å². The van der Waals surface area contributed by atoms with Gasteiger partial charge in [0.25, 0.3) is 10.1 Å². The van der Waals surface area contributed by atoms with Crippen LogP contribution in [-0.2, 0) is 42.8 Å². The molecule has 0 aliphatic rings. The van der Waals surface area contributed by atoms with Crippen molar-refractivity contribution in [3.63, 3.8) is 0 Å². The first-order valence-corrected chi connectivity index (χ1v) is 7.27. The summed E-state index contributed by atoms with van der Waals surface area (Å²) >= 11 is 0. The maximum absolute atomic E-state index is 12.3. The zero-order chi connectivity index (χ0) is 15.6. The van der Waals surface area contributed by atoms with E-state index in [9.17, 15) is 18.3 Å². The van der Waals surface area contributed by atoms with Crippen molar-refractivity contribution in [1.29, 1.82) is 0 Å². The number of hydrogen-bond acceptors (Lipinski definition) is 5. The number of benzene rings is 2. The Labute approximate surface area is 152 Å². The molecule has 0 aliphatic heterocycles. The van der Waals surface area contributed by atoms with E-state index in [0.29, 0.717) is 0 Å². The predicted molar refractivity (Wildman–Crippen MR) is 74.3 cm³/mol. The summed E-state index contributed by atoms with van der Waals surface area (Å²) in [5.41, 5.74) is 0.0360. The van der Waals surface area contributed by atoms with Crippen molar-refractivity contribution in [2.24, 2.45) is 0 Å². The van der Waals surface area contributed by atoms with Gasteiger partial charge in [0.1, 0.15) is 16.4 Å². The standard InChI is InChI=1S/C14H12O6S.Y/c1-20-12-8-11(15)10(7-13(12)21(17,18)19)14(16)9-5-3-2-4-6-9;/h2-8,15H,1H3,(H,17,18,19);. The van der Waals surface area contributed by atoms with Gasteiger partial charge in [0, 0.05) is 44.3 Å². The van der Waals surface area contributed by atoms with Crippen LogP contribution in [0.4, 0.5) is 0 Å². The second-order valence-corrected chi connectivity index (χ2v) is 5.58. The smallest absolute Gasteiger partial charge is 0.298 e. The molecule has 22 heavy (non-hydrogen) atoms. The Morgan fingerprint density at radius 1 is 1.14 bits per heavy atom. The molecule has 0 heterocycles. The molecule has 0 saturated carbocycles. The molecular formula is C14H12O6SY. The van der Waals surface area contributed by atoms with E-state index in [0.717, 1.165) is 12.1 Å². The first kappa shape index (κ1) is 18.8. The Balaban J connectivity index is 0.00000242. The third-order valence-electron chi connectivity index (χ3n) is 2.84. The van der Waals surface area contributed by atoms with Crippen LogP contribution in [0.2, 0.25) is 0 Å². The fraction of sp³-hybridized carbons (Fsp3) is 0.0714. The molecule has 113 valence electrons. The number of methoxy groups -OCH3 is 1. The topological polar surface area (TPSA) is 101 Å². The molecule has 0 atom stereocenters. The number of hydrogen-bond donors (Lipinski definition) is 2. The van der Waals surface area contributed by atoms with Crippen molar-refractivity contribution < 1.29 is 60.3 Å². The molecule has 2 N–H and O–H groups in total. The summed E-state index contributed by atoms with van der Waals surface area (Å²) in [4.78, 5) is 11.7. The summed E-state index contributed by atoms with van der Waals surface area (Å²) < 4.78 is 36.6. The number of carbonyl (C=O) groups excluding carboxylic acids is 1. The molecule has 0 fully saturated rings. The van der Waals surface area contributed by atoms with E-state index in [-0.39, 0.29) is 49.6 Å². The van der Waals surface area contributed by atoms with Gasteiger partial charge in [-0.15, -0.1) is 0 Å². The number of carbonyl (C=O) groups is 1. The van der Waals surface area contributed by atoms with Gasteiger partial charge in [0.15, 0.2) is 5.78 Å². The van der Waals surface area contributed by atoms with Gasteiger partial charge in [0.2, 0.25) is 0 Å². The molecule has 2 rings (SSSR count). The van der Waals surface area contributed by atoms with Gasteiger partial charge in [-0.2, -0.15) is 8.42 Å². The second kappa shape index (κ2) is 7.33. The van der Waals surface area contributed by atoms with Gasteiger partial charge in [-0.1, -0.05) is 30.3 Å². The molecule has 0 amide bonds. The third-order valence-corrected chi connectivity index (χ3v) is 3.72. The van der Waals surface area contributed by atoms with E-state index in [2.05, 4.69) is 0 Å². The molecule has 8 heteroatoms. The minimum Gasteiger partial charge on any atom is -0.507 e. The average molecular weight is 397 g/mol. The van der Waals surface area contributed by atoms with Gasteiger partial charge in [0.05, 0.1) is 12.7 Å². The van der Waals surface area contributed by atoms with Crippen molar-refractivity contribution >= 4 is 15.9 Å². The van der Waals surface area contributed by atoms with Crippen LogP contribution < -0.4 is 4.74 Å². The van der Waals surface area contributed by atoms with Crippen molar-refractivity contribution in [2.45, 2.75) is 4.90 Å². The fourth-order valence-electron chi connectivity index (χ4n) is 1.84. The number of aromatic hydroxyl groups is 1. The largest absolute Gasteiger partial charge is 0.507 e. The van der Waals surface area contributed by atoms with Crippen LogP contribution in [0.5, 0.6) is 11.5 Å². The van der Waals surface area contributed by atoms with Crippen LogP contribution in [0.1, 0.15) is 15.9 Å². The summed E-state index contributed by atoms with van der Waals surface area (Å²) in [5.74, 6) is -1.26. The van der Waals surface area contributed by atoms with Crippen molar-refractivity contribution in [3.8, 4) is 11.5 Å². The van der Waals surface area contributed by atoms with Crippen molar-refractivity contribution in [1.82, 2.24) is 0 Å². The molecule has 0 saturated heterocycles. The Bertz CT molecular complexity index is 786. The van der Waals surface area contributed by atoms with Gasteiger partial charge in [-0.3, -0.25) is 9.35 Å². The van der Waals surface area contributed by atoms with Crippen molar-refractivity contribution in [2.75, 3.05) is 7.11 Å². The van der Waals surface area contributed by atoms with Crippen LogP contribution in [0.15, 0.2) is 47.4 Å². The molecule has 0 unspecified atom stereocenters. The van der Waals surface area contributed by atoms with Crippen LogP contribution in [-0.4, -0.2) is 31.0 Å². The fourth-order valence-corrected chi connectivity index (χ4v) is 2.50. The maximum Gasteiger partial charge on any atom is 0.298 e. The zero-order valence-electron chi connectivity index (χ0n) is 11.6. The SMILES string of the molecule is COc1cc(O)c(C(=O)c2ccccc2)cc1S(=O)(=O)O.[Y]. The number of rotatable bonds is 4. The summed E-state index contributed by atoms with van der Waals surface area (Å²) in [5, 5.41) is 9.87. The number of ketones is 1. The maximum atomic E-state index is 12.3. The minimum absolute atomic E-state index is 0. The second-order valence-electron chi connectivity index (χ2n) is 4.19. The number of phenols is 1. The predicted octanol–water partition coefficient (Wildman–Crippen LogP) is 1.88. The van der Waals surface area contributed by atoms with Crippen LogP contribution in [0.3, 0.4) is 0 Å². The summed E-state index contributed by atoms with van der Waals surface area (Å²) in [6.45, 7) is 0. The Kier molecular flexibility index (Phi) is 6.25. The molecule has 0 bridgehead atoms. The van der Waals surface area contributed by atoms with Crippen LogP contribution in [0.25, 0.3) is 0 Å². The summed E-state index contributed by atoms with van der Waals surface area (Å²) in [6.07, 6.45) is 0. The first-order chi connectivity index (χ1) is 9.84. The molecule has 1 radical (unpaired) electrons. The third kappa shape index (κ3) is 3.92. The summed E-state index contributed by atoms with van der Waals surface area (Å²) in [7, 11) is -3.41. The van der Waals surface area contributed by atoms with Gasteiger partial charge >= 0.3 is 0 Å². The monoisotopic (exact) mass is 397 g/mol. The van der Waals surface area contributed by atoms with E-state index in [4.69, 9.17) is 9.29 Å². The Hall–Kier alpha value is -1.28. The van der Waals surface area contributed by atoms with E-state index in [1.54, 1.807) is 18.2 Å². The first-order valence-electron chi connectivity index (χ1n) is 5.83. The molecule has 0 aliphatic carbocycles. The van der Waals surface area contributed by atoms with Crippen molar-refractivity contribution in [3.05, 3.63) is 53.6 Å². The minimum atomic E-state index is -4.59. The molecule has 0 spiro atoms. The van der Waals surface area contributed by atoms with Crippen LogP contribution >= 0.6 is 0 Å². The Morgan fingerprint density at radius 2 is 1.73 bits per heavy atom. The van der Waals surface area contributed by atoms with Gasteiger partial charge in [-0.25, -0.2) is 0 Å². The quantitative estimate of drug-likeness (QED) is 0.604. The van der Waals surface area contributed by atoms with E-state index in [1.807, 2.05) is 0 Å². The Morgan fingerprint density at radius 3 is 2.23 bits per heavy atom. The number of phenolic OH excluding ortho intramolecular Hbond substituents is 1. The molecule has 0 aromatic heterocycles. The van der Waals surface area contributed by atoms with Crippen LogP contribution in [0, 0.1) is 0 Å². The molecule has 2 aromatic rings. The molecule has 2 aromatic carbocycles. The van der Waals surface area contributed by atoms with E-state index in [1.165, 1.54) is 19.2 Å². The summed E-state index contributed by atoms with van der Waals surface area (Å²) in [6, 6.07) is 9.90. The zero-order valence-corrected chi connectivity index (χ0v) is 15.2. The molecule has 6 nitrogen and oxygen atoms in total. The van der Waals surface area contributed by atoms with E-state index >= 15 is 0 Å².